The third-order valence-electron chi connectivity index (χ3n) is 2.91. The minimum Gasteiger partial charge on any atom is -0.482 e. The fraction of sp³-hybridized carbons (Fsp3) is 0.417. The van der Waals surface area contributed by atoms with E-state index in [1.807, 2.05) is 30.0 Å². The van der Waals surface area contributed by atoms with Crippen molar-refractivity contribution in [2.45, 2.75) is 25.8 Å². The van der Waals surface area contributed by atoms with Crippen molar-refractivity contribution < 1.29 is 9.53 Å². The van der Waals surface area contributed by atoms with Crippen LogP contribution in [0.2, 0.25) is 0 Å². The number of hydrogen-bond donors (Lipinski definition) is 0. The molecule has 1 fully saturated rings. The Labute approximate surface area is 88.6 Å². The number of amides is 1. The van der Waals surface area contributed by atoms with Gasteiger partial charge in [0.2, 0.25) is 0 Å². The number of rotatable bonds is 1. The van der Waals surface area contributed by atoms with E-state index >= 15 is 0 Å². The molecule has 3 nitrogen and oxygen atoms in total. The third kappa shape index (κ3) is 1.39. The van der Waals surface area contributed by atoms with Crippen LogP contribution in [0.15, 0.2) is 18.2 Å². The zero-order chi connectivity index (χ0) is 10.4. The molecule has 0 unspecified atom stereocenters. The molecule has 1 aromatic rings. The fourth-order valence-electron chi connectivity index (χ4n) is 2.01. The van der Waals surface area contributed by atoms with Gasteiger partial charge in [-0.25, -0.2) is 0 Å². The van der Waals surface area contributed by atoms with Crippen LogP contribution in [0.3, 0.4) is 0 Å². The molecule has 2 aliphatic rings. The number of anilines is 1. The highest BCUT2D eigenvalue weighted by molar-refractivity contribution is 5.98. The first-order chi connectivity index (χ1) is 7.25. The molecule has 78 valence electrons. The van der Waals surface area contributed by atoms with E-state index in [0.717, 1.165) is 24.3 Å². The van der Waals surface area contributed by atoms with Crippen molar-refractivity contribution in [3.05, 3.63) is 23.8 Å². The summed E-state index contributed by atoms with van der Waals surface area (Å²) in [6.07, 6.45) is 2.25. The summed E-state index contributed by atoms with van der Waals surface area (Å²) in [5, 5.41) is 0. The van der Waals surface area contributed by atoms with Crippen LogP contribution in [-0.4, -0.2) is 18.6 Å². The summed E-state index contributed by atoms with van der Waals surface area (Å²) in [5.41, 5.74) is 2.11. The van der Waals surface area contributed by atoms with E-state index in [1.54, 1.807) is 0 Å². The Bertz CT molecular complexity index is 424. The van der Waals surface area contributed by atoms with Crippen LogP contribution >= 0.6 is 0 Å². The van der Waals surface area contributed by atoms with Gasteiger partial charge < -0.3 is 9.64 Å². The van der Waals surface area contributed by atoms with Gasteiger partial charge in [0, 0.05) is 6.04 Å². The van der Waals surface area contributed by atoms with Crippen molar-refractivity contribution in [1.29, 1.82) is 0 Å². The van der Waals surface area contributed by atoms with Crippen LogP contribution in [0.25, 0.3) is 0 Å². The van der Waals surface area contributed by atoms with Crippen LogP contribution in [0, 0.1) is 6.92 Å². The summed E-state index contributed by atoms with van der Waals surface area (Å²) in [6, 6.07) is 6.43. The fourth-order valence-corrected chi connectivity index (χ4v) is 2.01. The van der Waals surface area contributed by atoms with Gasteiger partial charge in [-0.3, -0.25) is 4.79 Å². The molecule has 1 amide bonds. The number of fused-ring (bicyclic) bond motifs is 1. The number of aryl methyl sites for hydroxylation is 1. The standard InChI is InChI=1S/C12H13NO2/c1-8-2-5-10-11(6-8)15-7-12(14)13(10)9-3-4-9/h2,5-6,9H,3-4,7H2,1H3. The van der Waals surface area contributed by atoms with E-state index in [4.69, 9.17) is 4.74 Å². The summed E-state index contributed by atoms with van der Waals surface area (Å²) < 4.78 is 5.43. The van der Waals surface area contributed by atoms with Crippen molar-refractivity contribution in [2.75, 3.05) is 11.5 Å². The zero-order valence-electron chi connectivity index (χ0n) is 8.69. The lowest BCUT2D eigenvalue weighted by Gasteiger charge is -2.29. The van der Waals surface area contributed by atoms with Gasteiger partial charge >= 0.3 is 0 Å². The zero-order valence-corrected chi connectivity index (χ0v) is 8.69. The highest BCUT2D eigenvalue weighted by atomic mass is 16.5. The summed E-state index contributed by atoms with van der Waals surface area (Å²) in [7, 11) is 0. The van der Waals surface area contributed by atoms with Crippen LogP contribution < -0.4 is 9.64 Å². The Balaban J connectivity index is 2.07. The largest absolute Gasteiger partial charge is 0.482 e. The monoisotopic (exact) mass is 203 g/mol. The molecule has 1 aliphatic heterocycles. The van der Waals surface area contributed by atoms with Gasteiger partial charge in [-0.15, -0.1) is 0 Å². The smallest absolute Gasteiger partial charge is 0.265 e. The molecule has 1 aliphatic carbocycles. The first-order valence-corrected chi connectivity index (χ1v) is 5.31. The second kappa shape index (κ2) is 2.99. The van der Waals surface area contributed by atoms with E-state index in [-0.39, 0.29) is 12.5 Å². The lowest BCUT2D eigenvalue weighted by Crippen LogP contribution is -2.40. The first kappa shape index (κ1) is 8.77. The Morgan fingerprint density at radius 2 is 2.20 bits per heavy atom. The SMILES string of the molecule is Cc1ccc2c(c1)OCC(=O)N2C1CC1. The molecule has 0 atom stereocenters. The molecule has 1 aromatic carbocycles. The predicted molar refractivity (Wildman–Crippen MR) is 57.2 cm³/mol. The Hall–Kier alpha value is -1.51. The third-order valence-corrected chi connectivity index (χ3v) is 2.91. The van der Waals surface area contributed by atoms with Crippen molar-refractivity contribution in [3.8, 4) is 5.75 Å². The quantitative estimate of drug-likeness (QED) is 0.697. The summed E-state index contributed by atoms with van der Waals surface area (Å²) >= 11 is 0. The average Bonchev–Trinajstić information content (AvgIpc) is 3.02. The second-order valence-corrected chi connectivity index (χ2v) is 4.25. The van der Waals surface area contributed by atoms with Crippen molar-refractivity contribution in [3.63, 3.8) is 0 Å². The maximum Gasteiger partial charge on any atom is 0.265 e. The molecule has 15 heavy (non-hydrogen) atoms. The number of benzene rings is 1. The second-order valence-electron chi connectivity index (χ2n) is 4.25. The van der Waals surface area contributed by atoms with Gasteiger partial charge in [0.15, 0.2) is 6.61 Å². The highest BCUT2D eigenvalue weighted by Crippen LogP contribution is 2.39. The van der Waals surface area contributed by atoms with E-state index in [2.05, 4.69) is 0 Å². The number of ether oxygens (including phenoxy) is 1. The molecule has 1 heterocycles. The Kier molecular flexibility index (Phi) is 1.75. The molecule has 3 rings (SSSR count). The molecule has 0 spiro atoms. The minimum absolute atomic E-state index is 0.0915. The van der Waals surface area contributed by atoms with Crippen LogP contribution in [0.4, 0.5) is 5.69 Å². The lowest BCUT2D eigenvalue weighted by molar-refractivity contribution is -0.121. The Morgan fingerprint density at radius 3 is 2.93 bits per heavy atom. The molecule has 0 bridgehead atoms. The maximum atomic E-state index is 11.7. The van der Waals surface area contributed by atoms with Gasteiger partial charge in [-0.1, -0.05) is 6.07 Å². The van der Waals surface area contributed by atoms with E-state index < -0.39 is 0 Å². The summed E-state index contributed by atoms with van der Waals surface area (Å²) in [5.74, 6) is 0.940. The number of carbonyl (C=O) groups is 1. The summed E-state index contributed by atoms with van der Waals surface area (Å²) in [6.45, 7) is 2.22. The number of nitrogens with zero attached hydrogens (tertiary/aromatic N) is 1. The van der Waals surface area contributed by atoms with Crippen molar-refractivity contribution in [2.24, 2.45) is 0 Å². The van der Waals surface area contributed by atoms with Gasteiger partial charge in [-0.2, -0.15) is 0 Å². The van der Waals surface area contributed by atoms with E-state index in [9.17, 15) is 4.79 Å². The molecule has 0 radical (unpaired) electrons. The van der Waals surface area contributed by atoms with Gasteiger partial charge in [0.25, 0.3) is 5.91 Å². The topological polar surface area (TPSA) is 29.5 Å². The molecule has 3 heteroatoms. The Morgan fingerprint density at radius 1 is 1.40 bits per heavy atom. The molecule has 1 saturated carbocycles. The first-order valence-electron chi connectivity index (χ1n) is 5.31. The van der Waals surface area contributed by atoms with E-state index in [1.165, 1.54) is 5.56 Å². The van der Waals surface area contributed by atoms with Crippen LogP contribution in [-0.2, 0) is 4.79 Å². The number of carbonyl (C=O) groups excluding carboxylic acids is 1. The molecule has 0 N–H and O–H groups in total. The van der Waals surface area contributed by atoms with Gasteiger partial charge in [0.1, 0.15) is 5.75 Å². The molecule has 0 aromatic heterocycles. The molecular weight excluding hydrogens is 190 g/mol. The maximum absolute atomic E-state index is 11.7. The van der Waals surface area contributed by atoms with Crippen molar-refractivity contribution in [1.82, 2.24) is 0 Å². The van der Waals surface area contributed by atoms with Gasteiger partial charge in [0.05, 0.1) is 5.69 Å². The van der Waals surface area contributed by atoms with Gasteiger partial charge in [-0.05, 0) is 37.5 Å². The summed E-state index contributed by atoms with van der Waals surface area (Å²) in [4.78, 5) is 13.6. The predicted octanol–water partition coefficient (Wildman–Crippen LogP) is 1.88. The normalized spacial score (nSPS) is 19.8. The molecule has 0 saturated heterocycles. The van der Waals surface area contributed by atoms with Crippen LogP contribution in [0.5, 0.6) is 5.75 Å². The molecular formula is C12H13NO2. The highest BCUT2D eigenvalue weighted by Gasteiger charge is 2.37. The van der Waals surface area contributed by atoms with Crippen LogP contribution in [0.1, 0.15) is 18.4 Å². The lowest BCUT2D eigenvalue weighted by atomic mass is 10.1. The average molecular weight is 203 g/mol. The van der Waals surface area contributed by atoms with E-state index in [0.29, 0.717) is 6.04 Å². The number of hydrogen-bond acceptors (Lipinski definition) is 2. The minimum atomic E-state index is 0.0915. The van der Waals surface area contributed by atoms with Crippen molar-refractivity contribution >= 4 is 11.6 Å².